The van der Waals surface area contributed by atoms with Crippen LogP contribution in [0.2, 0.25) is 0 Å². The molecule has 23 heavy (non-hydrogen) atoms. The topological polar surface area (TPSA) is 37.3 Å². The number of halogens is 1. The SMILES string of the molecule is CCCCCC(F)c1ccc(-c2ccccc2)c(CC(=O)O)c1. The summed E-state index contributed by atoms with van der Waals surface area (Å²) >= 11 is 0. The molecule has 0 heterocycles. The summed E-state index contributed by atoms with van der Waals surface area (Å²) in [6.45, 7) is 2.09. The van der Waals surface area contributed by atoms with E-state index in [-0.39, 0.29) is 6.42 Å². The summed E-state index contributed by atoms with van der Waals surface area (Å²) in [5.74, 6) is -0.902. The molecule has 122 valence electrons. The lowest BCUT2D eigenvalue weighted by atomic mass is 9.93. The van der Waals surface area contributed by atoms with E-state index in [4.69, 9.17) is 5.11 Å². The Kier molecular flexibility index (Phi) is 6.33. The molecular formula is C20H23FO2. The first-order chi connectivity index (χ1) is 11.1. The fraction of sp³-hybridized carbons (Fsp3) is 0.350. The lowest BCUT2D eigenvalue weighted by molar-refractivity contribution is -0.136. The highest BCUT2D eigenvalue weighted by Gasteiger charge is 2.14. The fourth-order valence-electron chi connectivity index (χ4n) is 2.76. The average molecular weight is 314 g/mol. The first-order valence-corrected chi connectivity index (χ1v) is 8.16. The zero-order valence-corrected chi connectivity index (χ0v) is 13.5. The second kappa shape index (κ2) is 8.47. The van der Waals surface area contributed by atoms with Crippen LogP contribution in [0, 0.1) is 0 Å². The standard InChI is InChI=1S/C20H23FO2/c1-2-3-5-10-19(21)16-11-12-18(15-8-6-4-7-9-15)17(13-16)14-20(22)23/h4,6-9,11-13,19H,2-3,5,10,14H2,1H3,(H,22,23). The molecule has 1 atom stereocenters. The van der Waals surface area contributed by atoms with E-state index in [1.165, 1.54) is 0 Å². The Morgan fingerprint density at radius 1 is 1.13 bits per heavy atom. The average Bonchev–Trinajstić information content (AvgIpc) is 2.55. The molecule has 2 aromatic carbocycles. The molecule has 2 rings (SSSR count). The van der Waals surface area contributed by atoms with Crippen LogP contribution in [0.1, 0.15) is 49.9 Å². The predicted molar refractivity (Wildman–Crippen MR) is 91.2 cm³/mol. The molecule has 0 saturated carbocycles. The Bertz CT molecular complexity index is 637. The van der Waals surface area contributed by atoms with E-state index in [9.17, 15) is 9.18 Å². The van der Waals surface area contributed by atoms with Gasteiger partial charge >= 0.3 is 5.97 Å². The summed E-state index contributed by atoms with van der Waals surface area (Å²) in [5.41, 5.74) is 3.06. The minimum atomic E-state index is -1.03. The molecule has 1 unspecified atom stereocenters. The summed E-state index contributed by atoms with van der Waals surface area (Å²) in [6.07, 6.45) is 2.30. The second-order valence-electron chi connectivity index (χ2n) is 5.82. The van der Waals surface area contributed by atoms with Crippen molar-refractivity contribution in [1.29, 1.82) is 0 Å². The van der Waals surface area contributed by atoms with Gasteiger partial charge in [-0.05, 0) is 28.7 Å². The number of hydrogen-bond acceptors (Lipinski definition) is 1. The van der Waals surface area contributed by atoms with Crippen LogP contribution < -0.4 is 0 Å². The molecule has 0 radical (unpaired) electrons. The van der Waals surface area contributed by atoms with Crippen LogP contribution in [-0.4, -0.2) is 11.1 Å². The number of aliphatic carboxylic acids is 1. The molecule has 0 aliphatic heterocycles. The van der Waals surface area contributed by atoms with Gasteiger partial charge in [-0.3, -0.25) is 4.79 Å². The number of hydrogen-bond donors (Lipinski definition) is 1. The van der Waals surface area contributed by atoms with E-state index in [0.717, 1.165) is 30.4 Å². The van der Waals surface area contributed by atoms with Crippen LogP contribution in [0.3, 0.4) is 0 Å². The minimum Gasteiger partial charge on any atom is -0.481 e. The van der Waals surface area contributed by atoms with Crippen LogP contribution >= 0.6 is 0 Å². The molecule has 0 fully saturated rings. The van der Waals surface area contributed by atoms with Crippen molar-refractivity contribution in [3.8, 4) is 11.1 Å². The molecule has 0 aliphatic carbocycles. The van der Waals surface area contributed by atoms with E-state index in [1.807, 2.05) is 36.4 Å². The van der Waals surface area contributed by atoms with Gasteiger partial charge in [0.1, 0.15) is 6.17 Å². The maximum absolute atomic E-state index is 14.4. The highest BCUT2D eigenvalue weighted by Crippen LogP contribution is 2.30. The van der Waals surface area contributed by atoms with Gasteiger partial charge in [-0.25, -0.2) is 4.39 Å². The van der Waals surface area contributed by atoms with Crippen molar-refractivity contribution in [2.45, 2.75) is 45.2 Å². The summed E-state index contributed by atoms with van der Waals surface area (Å²) < 4.78 is 14.4. The number of carboxylic acid groups (broad SMARTS) is 1. The second-order valence-corrected chi connectivity index (χ2v) is 5.82. The van der Waals surface area contributed by atoms with E-state index in [2.05, 4.69) is 6.92 Å². The van der Waals surface area contributed by atoms with Crippen LogP contribution in [0.4, 0.5) is 4.39 Å². The van der Waals surface area contributed by atoms with Gasteiger partial charge < -0.3 is 5.11 Å². The van der Waals surface area contributed by atoms with Crippen LogP contribution in [0.5, 0.6) is 0 Å². The predicted octanol–water partition coefficient (Wildman–Crippen LogP) is 5.57. The smallest absolute Gasteiger partial charge is 0.307 e. The Hall–Kier alpha value is -2.16. The first kappa shape index (κ1) is 17.2. The number of unbranched alkanes of at least 4 members (excludes halogenated alkanes) is 2. The quantitative estimate of drug-likeness (QED) is 0.647. The molecule has 2 nitrogen and oxygen atoms in total. The number of carboxylic acids is 1. The molecule has 0 aliphatic rings. The van der Waals surface area contributed by atoms with E-state index in [1.54, 1.807) is 12.1 Å². The molecule has 0 bridgehead atoms. The highest BCUT2D eigenvalue weighted by molar-refractivity contribution is 5.77. The van der Waals surface area contributed by atoms with Gasteiger partial charge in [-0.15, -0.1) is 0 Å². The third-order valence-corrected chi connectivity index (χ3v) is 3.98. The highest BCUT2D eigenvalue weighted by atomic mass is 19.1. The Morgan fingerprint density at radius 2 is 1.87 bits per heavy atom. The van der Waals surface area contributed by atoms with Crippen molar-refractivity contribution in [2.24, 2.45) is 0 Å². The third-order valence-electron chi connectivity index (χ3n) is 3.98. The molecular weight excluding hydrogens is 291 g/mol. The lowest BCUT2D eigenvalue weighted by Gasteiger charge is -2.14. The summed E-state index contributed by atoms with van der Waals surface area (Å²) in [4.78, 5) is 11.2. The molecule has 0 saturated heterocycles. The van der Waals surface area contributed by atoms with E-state index >= 15 is 0 Å². The van der Waals surface area contributed by atoms with Crippen molar-refractivity contribution < 1.29 is 14.3 Å². The number of benzene rings is 2. The van der Waals surface area contributed by atoms with Gasteiger partial charge in [0, 0.05) is 0 Å². The first-order valence-electron chi connectivity index (χ1n) is 8.16. The molecule has 1 N–H and O–H groups in total. The zero-order valence-electron chi connectivity index (χ0n) is 13.5. The lowest BCUT2D eigenvalue weighted by Crippen LogP contribution is -2.04. The Labute approximate surface area is 137 Å². The third kappa shape index (κ3) is 4.92. The van der Waals surface area contributed by atoms with E-state index in [0.29, 0.717) is 17.5 Å². The zero-order chi connectivity index (χ0) is 16.7. The van der Waals surface area contributed by atoms with Crippen LogP contribution in [-0.2, 0) is 11.2 Å². The van der Waals surface area contributed by atoms with Crippen molar-refractivity contribution in [3.63, 3.8) is 0 Å². The number of carbonyl (C=O) groups is 1. The summed E-state index contributed by atoms with van der Waals surface area (Å²) in [6, 6.07) is 15.0. The monoisotopic (exact) mass is 314 g/mol. The van der Waals surface area contributed by atoms with Gasteiger partial charge in [-0.2, -0.15) is 0 Å². The summed E-state index contributed by atoms with van der Waals surface area (Å²) in [5, 5.41) is 9.15. The number of rotatable bonds is 8. The van der Waals surface area contributed by atoms with Gasteiger partial charge in [0.25, 0.3) is 0 Å². The van der Waals surface area contributed by atoms with Crippen LogP contribution in [0.25, 0.3) is 11.1 Å². The largest absolute Gasteiger partial charge is 0.481 e. The molecule has 0 aromatic heterocycles. The van der Waals surface area contributed by atoms with Gasteiger partial charge in [-0.1, -0.05) is 74.7 Å². The van der Waals surface area contributed by atoms with Crippen molar-refractivity contribution in [2.75, 3.05) is 0 Å². The fourth-order valence-corrected chi connectivity index (χ4v) is 2.76. The maximum atomic E-state index is 14.4. The maximum Gasteiger partial charge on any atom is 0.307 e. The minimum absolute atomic E-state index is 0.0975. The van der Waals surface area contributed by atoms with Crippen LogP contribution in [0.15, 0.2) is 48.5 Å². The molecule has 0 amide bonds. The Morgan fingerprint density at radius 3 is 2.52 bits per heavy atom. The summed E-state index contributed by atoms with van der Waals surface area (Å²) in [7, 11) is 0. The molecule has 3 heteroatoms. The molecule has 0 spiro atoms. The van der Waals surface area contributed by atoms with Crippen molar-refractivity contribution >= 4 is 5.97 Å². The molecule has 2 aromatic rings. The van der Waals surface area contributed by atoms with Crippen molar-refractivity contribution in [3.05, 3.63) is 59.7 Å². The number of alkyl halides is 1. The van der Waals surface area contributed by atoms with Crippen molar-refractivity contribution in [1.82, 2.24) is 0 Å². The van der Waals surface area contributed by atoms with Gasteiger partial charge in [0.2, 0.25) is 0 Å². The van der Waals surface area contributed by atoms with Gasteiger partial charge in [0.15, 0.2) is 0 Å². The van der Waals surface area contributed by atoms with Gasteiger partial charge in [0.05, 0.1) is 6.42 Å². The normalized spacial score (nSPS) is 12.1. The van der Waals surface area contributed by atoms with E-state index < -0.39 is 12.1 Å². The Balaban J connectivity index is 2.29.